The van der Waals surface area contributed by atoms with E-state index in [-0.39, 0.29) is 0 Å². The summed E-state index contributed by atoms with van der Waals surface area (Å²) in [5.41, 5.74) is 3.12. The van der Waals surface area contributed by atoms with E-state index in [1.54, 1.807) is 0 Å². The Balaban J connectivity index is 1.66. The summed E-state index contributed by atoms with van der Waals surface area (Å²) in [6.45, 7) is 6.06. The molecule has 0 bridgehead atoms. The van der Waals surface area contributed by atoms with Crippen LogP contribution in [-0.4, -0.2) is 33.2 Å². The van der Waals surface area contributed by atoms with Crippen molar-refractivity contribution in [3.63, 3.8) is 0 Å². The second-order valence-electron chi connectivity index (χ2n) is 5.79. The summed E-state index contributed by atoms with van der Waals surface area (Å²) < 4.78 is 5.18. The second kappa shape index (κ2) is 5.49. The average molecular weight is 310 g/mol. The number of nitrogens with one attached hydrogen (secondary N) is 1. The Kier molecular flexibility index (Phi) is 3.33. The number of nitrogens with zero attached hydrogens (tertiary/aromatic N) is 5. The van der Waals surface area contributed by atoms with E-state index in [1.165, 1.54) is 19.2 Å². The van der Waals surface area contributed by atoms with Gasteiger partial charge in [-0.2, -0.15) is 4.98 Å². The zero-order valence-corrected chi connectivity index (χ0v) is 13.2. The van der Waals surface area contributed by atoms with Crippen LogP contribution in [0, 0.1) is 13.8 Å². The van der Waals surface area contributed by atoms with Crippen LogP contribution in [-0.2, 0) is 0 Å². The Morgan fingerprint density at radius 2 is 1.91 bits per heavy atom. The van der Waals surface area contributed by atoms with Crippen molar-refractivity contribution in [2.24, 2.45) is 0 Å². The van der Waals surface area contributed by atoms with Crippen molar-refractivity contribution in [2.75, 3.05) is 23.3 Å². The molecule has 4 heterocycles. The van der Waals surface area contributed by atoms with Crippen LogP contribution >= 0.6 is 0 Å². The van der Waals surface area contributed by atoms with Crippen molar-refractivity contribution < 1.29 is 4.52 Å². The third kappa shape index (κ3) is 2.48. The molecule has 3 aromatic rings. The number of hydrogen-bond donors (Lipinski definition) is 1. The molecule has 0 unspecified atom stereocenters. The highest BCUT2D eigenvalue weighted by molar-refractivity contribution is 5.89. The first-order chi connectivity index (χ1) is 11.2. The standard InChI is InChI=1S/C16H18N6O/c1-10-12(5-6-13(19-10)22-7-3-4-8-22)20-15-14-11(2)21-23-16(14)18-9-17-15/h5-6,9H,3-4,7-8H2,1-2H3,(H,17,18,20). The summed E-state index contributed by atoms with van der Waals surface area (Å²) >= 11 is 0. The molecule has 0 atom stereocenters. The van der Waals surface area contributed by atoms with Crippen LogP contribution in [0.4, 0.5) is 17.3 Å². The van der Waals surface area contributed by atoms with Gasteiger partial charge in [0.1, 0.15) is 23.3 Å². The maximum absolute atomic E-state index is 5.18. The second-order valence-corrected chi connectivity index (χ2v) is 5.79. The molecular weight excluding hydrogens is 292 g/mol. The molecule has 0 amide bonds. The fraction of sp³-hybridized carbons (Fsp3) is 0.375. The predicted molar refractivity (Wildman–Crippen MR) is 88.0 cm³/mol. The maximum Gasteiger partial charge on any atom is 0.263 e. The van der Waals surface area contributed by atoms with Crippen LogP contribution in [0.5, 0.6) is 0 Å². The number of aromatic nitrogens is 4. The SMILES string of the molecule is Cc1nc(N2CCCC2)ccc1Nc1ncnc2onc(C)c12. The third-order valence-corrected chi connectivity index (χ3v) is 4.20. The lowest BCUT2D eigenvalue weighted by molar-refractivity contribution is 0.442. The number of fused-ring (bicyclic) bond motifs is 1. The minimum Gasteiger partial charge on any atom is -0.357 e. The number of pyridine rings is 1. The lowest BCUT2D eigenvalue weighted by atomic mass is 10.2. The highest BCUT2D eigenvalue weighted by atomic mass is 16.5. The van der Waals surface area contributed by atoms with Gasteiger partial charge in [0.25, 0.3) is 5.71 Å². The smallest absolute Gasteiger partial charge is 0.263 e. The molecule has 0 saturated carbocycles. The normalized spacial score (nSPS) is 14.6. The first kappa shape index (κ1) is 13.9. The van der Waals surface area contributed by atoms with Crippen LogP contribution in [0.15, 0.2) is 23.0 Å². The molecule has 0 aromatic carbocycles. The topological polar surface area (TPSA) is 80.0 Å². The molecule has 23 heavy (non-hydrogen) atoms. The highest BCUT2D eigenvalue weighted by Gasteiger charge is 2.16. The summed E-state index contributed by atoms with van der Waals surface area (Å²) in [6.07, 6.45) is 3.95. The van der Waals surface area contributed by atoms with Gasteiger partial charge < -0.3 is 14.7 Å². The number of anilines is 3. The van der Waals surface area contributed by atoms with Crippen LogP contribution in [0.1, 0.15) is 24.2 Å². The molecule has 4 rings (SSSR count). The molecule has 118 valence electrons. The Morgan fingerprint density at radius 3 is 2.70 bits per heavy atom. The van der Waals surface area contributed by atoms with E-state index in [2.05, 4.69) is 31.4 Å². The largest absolute Gasteiger partial charge is 0.357 e. The maximum atomic E-state index is 5.18. The van der Waals surface area contributed by atoms with Gasteiger partial charge in [0.2, 0.25) is 0 Å². The molecule has 0 spiro atoms. The van der Waals surface area contributed by atoms with Crippen molar-refractivity contribution in [1.29, 1.82) is 0 Å². The molecule has 1 N–H and O–H groups in total. The summed E-state index contributed by atoms with van der Waals surface area (Å²) in [5.74, 6) is 1.73. The Hall–Kier alpha value is -2.70. The quantitative estimate of drug-likeness (QED) is 0.796. The van der Waals surface area contributed by atoms with E-state index in [1.807, 2.05) is 19.9 Å². The van der Waals surface area contributed by atoms with Gasteiger partial charge in [0.05, 0.1) is 17.1 Å². The molecule has 1 fully saturated rings. The van der Waals surface area contributed by atoms with Crippen LogP contribution in [0.3, 0.4) is 0 Å². The molecule has 1 aliphatic heterocycles. The van der Waals surface area contributed by atoms with E-state index >= 15 is 0 Å². The molecule has 7 nitrogen and oxygen atoms in total. The van der Waals surface area contributed by atoms with Gasteiger partial charge in [-0.05, 0) is 38.8 Å². The summed E-state index contributed by atoms with van der Waals surface area (Å²) in [4.78, 5) is 15.5. The molecule has 3 aromatic heterocycles. The number of hydrogen-bond acceptors (Lipinski definition) is 7. The fourth-order valence-electron chi connectivity index (χ4n) is 2.95. The monoisotopic (exact) mass is 310 g/mol. The zero-order valence-electron chi connectivity index (χ0n) is 13.2. The zero-order chi connectivity index (χ0) is 15.8. The van der Waals surface area contributed by atoms with Crippen LogP contribution in [0.25, 0.3) is 11.1 Å². The van der Waals surface area contributed by atoms with Crippen LogP contribution < -0.4 is 10.2 Å². The minimum absolute atomic E-state index is 0.485. The molecule has 1 saturated heterocycles. The Bertz CT molecular complexity index is 853. The fourth-order valence-corrected chi connectivity index (χ4v) is 2.95. The van der Waals surface area contributed by atoms with Crippen molar-refractivity contribution in [3.8, 4) is 0 Å². The Labute approximate surface area is 133 Å². The summed E-state index contributed by atoms with van der Waals surface area (Å²) in [5, 5.41) is 8.08. The molecule has 7 heteroatoms. The number of rotatable bonds is 3. The highest BCUT2D eigenvalue weighted by Crippen LogP contribution is 2.28. The van der Waals surface area contributed by atoms with E-state index in [0.717, 1.165) is 41.4 Å². The van der Waals surface area contributed by atoms with Gasteiger partial charge in [-0.3, -0.25) is 0 Å². The van der Waals surface area contributed by atoms with Crippen molar-refractivity contribution in [3.05, 3.63) is 29.8 Å². The van der Waals surface area contributed by atoms with Gasteiger partial charge >= 0.3 is 0 Å². The third-order valence-electron chi connectivity index (χ3n) is 4.20. The Morgan fingerprint density at radius 1 is 1.09 bits per heavy atom. The van der Waals surface area contributed by atoms with Crippen molar-refractivity contribution in [1.82, 2.24) is 20.1 Å². The van der Waals surface area contributed by atoms with E-state index < -0.39 is 0 Å². The van der Waals surface area contributed by atoms with Crippen molar-refractivity contribution in [2.45, 2.75) is 26.7 Å². The average Bonchev–Trinajstić information content (AvgIpc) is 3.20. The van der Waals surface area contributed by atoms with Crippen molar-refractivity contribution >= 4 is 28.4 Å². The van der Waals surface area contributed by atoms with E-state index in [4.69, 9.17) is 9.51 Å². The summed E-state index contributed by atoms with van der Waals surface area (Å²) in [6, 6.07) is 4.10. The van der Waals surface area contributed by atoms with Gasteiger partial charge in [-0.25, -0.2) is 9.97 Å². The lowest BCUT2D eigenvalue weighted by Gasteiger charge is -2.18. The van der Waals surface area contributed by atoms with Gasteiger partial charge in [0, 0.05) is 13.1 Å². The van der Waals surface area contributed by atoms with Gasteiger partial charge in [-0.15, -0.1) is 0 Å². The molecule has 0 radical (unpaired) electrons. The van der Waals surface area contributed by atoms with Crippen LogP contribution in [0.2, 0.25) is 0 Å². The van der Waals surface area contributed by atoms with E-state index in [9.17, 15) is 0 Å². The molecular formula is C16H18N6O. The minimum atomic E-state index is 0.485. The molecule has 1 aliphatic rings. The van der Waals surface area contributed by atoms with Gasteiger partial charge in [-0.1, -0.05) is 5.16 Å². The predicted octanol–water partition coefficient (Wildman–Crippen LogP) is 2.97. The molecule has 0 aliphatic carbocycles. The first-order valence-electron chi connectivity index (χ1n) is 7.79. The lowest BCUT2D eigenvalue weighted by Crippen LogP contribution is -2.19. The van der Waals surface area contributed by atoms with Gasteiger partial charge in [0.15, 0.2) is 0 Å². The summed E-state index contributed by atoms with van der Waals surface area (Å²) in [7, 11) is 0. The first-order valence-corrected chi connectivity index (χ1v) is 7.79. The van der Waals surface area contributed by atoms with E-state index in [0.29, 0.717) is 11.5 Å². The number of aryl methyl sites for hydroxylation is 2.